The number of carbonyl (C=O) groups excluding carboxylic acids is 1. The lowest BCUT2D eigenvalue weighted by Crippen LogP contribution is -2.14. The number of benzene rings is 3. The number of oxazole rings is 1. The molecule has 1 heterocycles. The second-order valence-corrected chi connectivity index (χ2v) is 7.23. The summed E-state index contributed by atoms with van der Waals surface area (Å²) in [6, 6.07) is 15.9. The number of halogens is 2. The van der Waals surface area contributed by atoms with Crippen molar-refractivity contribution in [1.82, 2.24) is 4.98 Å². The molecule has 4 rings (SSSR count). The Balaban J connectivity index is 1.71. The van der Waals surface area contributed by atoms with Crippen molar-refractivity contribution < 1.29 is 13.9 Å². The van der Waals surface area contributed by atoms with E-state index < -0.39 is 0 Å². The molecule has 5 nitrogen and oxygen atoms in total. The van der Waals surface area contributed by atoms with Gasteiger partial charge in [-0.1, -0.05) is 41.4 Å². The second-order valence-electron chi connectivity index (χ2n) is 6.39. The van der Waals surface area contributed by atoms with Crippen molar-refractivity contribution in [3.05, 3.63) is 75.8 Å². The summed E-state index contributed by atoms with van der Waals surface area (Å²) < 4.78 is 11.1. The van der Waals surface area contributed by atoms with Crippen LogP contribution in [0.2, 0.25) is 10.0 Å². The molecule has 0 saturated heterocycles. The van der Waals surface area contributed by atoms with Crippen LogP contribution >= 0.6 is 23.2 Å². The molecule has 4 aromatic rings. The first-order valence-electron chi connectivity index (χ1n) is 8.78. The van der Waals surface area contributed by atoms with Crippen LogP contribution in [0.4, 0.5) is 5.69 Å². The average Bonchev–Trinajstić information content (AvgIpc) is 3.13. The standard InChI is InChI=1S/C22H16Cl2N2O3/c1-12-14(22-26-18-11-13(23)10-16(24)20(18)29-22)7-5-8-17(12)25-21(27)15-6-3-4-9-19(15)28-2/h3-11H,1-2H3,(H,25,27). The molecule has 0 aliphatic heterocycles. The Morgan fingerprint density at radius 1 is 1.10 bits per heavy atom. The van der Waals surface area contributed by atoms with E-state index in [9.17, 15) is 4.79 Å². The molecular formula is C22H16Cl2N2O3. The van der Waals surface area contributed by atoms with E-state index in [1.807, 2.05) is 31.2 Å². The van der Waals surface area contributed by atoms with Crippen molar-refractivity contribution in [2.24, 2.45) is 0 Å². The van der Waals surface area contributed by atoms with Crippen molar-refractivity contribution in [3.8, 4) is 17.2 Å². The molecule has 29 heavy (non-hydrogen) atoms. The van der Waals surface area contributed by atoms with Gasteiger partial charge in [0.1, 0.15) is 11.3 Å². The summed E-state index contributed by atoms with van der Waals surface area (Å²) in [5.41, 5.74) is 3.68. The molecule has 1 aromatic heterocycles. The molecule has 0 atom stereocenters. The van der Waals surface area contributed by atoms with E-state index in [4.69, 9.17) is 32.4 Å². The van der Waals surface area contributed by atoms with Crippen molar-refractivity contribution in [3.63, 3.8) is 0 Å². The van der Waals surface area contributed by atoms with Crippen molar-refractivity contribution in [1.29, 1.82) is 0 Å². The summed E-state index contributed by atoms with van der Waals surface area (Å²) in [7, 11) is 1.53. The second kappa shape index (κ2) is 7.78. The lowest BCUT2D eigenvalue weighted by Gasteiger charge is -2.12. The Bertz CT molecular complexity index is 1230. The fourth-order valence-electron chi connectivity index (χ4n) is 3.10. The SMILES string of the molecule is COc1ccccc1C(=O)Nc1cccc(-c2nc3cc(Cl)cc(Cl)c3o2)c1C. The van der Waals surface area contributed by atoms with Crippen LogP contribution in [0.15, 0.2) is 59.0 Å². The zero-order chi connectivity index (χ0) is 20.5. The Morgan fingerprint density at radius 3 is 2.69 bits per heavy atom. The highest BCUT2D eigenvalue weighted by molar-refractivity contribution is 6.38. The Labute approximate surface area is 177 Å². The number of fused-ring (bicyclic) bond motifs is 1. The maximum absolute atomic E-state index is 12.8. The van der Waals surface area contributed by atoms with E-state index in [0.29, 0.717) is 44.0 Å². The number of amides is 1. The third-order valence-corrected chi connectivity index (χ3v) is 5.07. The van der Waals surface area contributed by atoms with Gasteiger partial charge in [0.25, 0.3) is 5.91 Å². The molecule has 3 aromatic carbocycles. The molecule has 0 saturated carbocycles. The molecular weight excluding hydrogens is 411 g/mol. The van der Waals surface area contributed by atoms with Crippen molar-refractivity contribution >= 4 is 45.9 Å². The first kappa shape index (κ1) is 19.3. The summed E-state index contributed by atoms with van der Waals surface area (Å²) >= 11 is 12.3. The fourth-order valence-corrected chi connectivity index (χ4v) is 3.62. The molecule has 0 aliphatic carbocycles. The maximum Gasteiger partial charge on any atom is 0.259 e. The number of anilines is 1. The van der Waals surface area contributed by atoms with E-state index >= 15 is 0 Å². The summed E-state index contributed by atoms with van der Waals surface area (Å²) in [6.45, 7) is 1.89. The van der Waals surface area contributed by atoms with Crippen LogP contribution < -0.4 is 10.1 Å². The van der Waals surface area contributed by atoms with Crippen LogP contribution in [-0.2, 0) is 0 Å². The van der Waals surface area contributed by atoms with Gasteiger partial charge in [0.05, 0.1) is 17.7 Å². The minimum absolute atomic E-state index is 0.268. The lowest BCUT2D eigenvalue weighted by atomic mass is 10.1. The lowest BCUT2D eigenvalue weighted by molar-refractivity contribution is 0.102. The van der Waals surface area contributed by atoms with E-state index in [-0.39, 0.29) is 5.91 Å². The number of para-hydroxylation sites is 1. The molecule has 7 heteroatoms. The molecule has 0 aliphatic rings. The van der Waals surface area contributed by atoms with Gasteiger partial charge in [-0.25, -0.2) is 4.98 Å². The first-order valence-corrected chi connectivity index (χ1v) is 9.53. The van der Waals surface area contributed by atoms with Crippen LogP contribution in [0.1, 0.15) is 15.9 Å². The normalized spacial score (nSPS) is 10.9. The van der Waals surface area contributed by atoms with Crippen LogP contribution in [-0.4, -0.2) is 18.0 Å². The summed E-state index contributed by atoms with van der Waals surface area (Å²) in [6.07, 6.45) is 0. The maximum atomic E-state index is 12.8. The highest BCUT2D eigenvalue weighted by Crippen LogP contribution is 2.34. The van der Waals surface area contributed by atoms with Crippen molar-refractivity contribution in [2.75, 3.05) is 12.4 Å². The monoisotopic (exact) mass is 426 g/mol. The van der Waals surface area contributed by atoms with Crippen LogP contribution in [0.25, 0.3) is 22.6 Å². The molecule has 0 bridgehead atoms. The number of carbonyl (C=O) groups is 1. The third-order valence-electron chi connectivity index (χ3n) is 4.57. The molecule has 0 radical (unpaired) electrons. The van der Waals surface area contributed by atoms with E-state index in [1.54, 1.807) is 30.3 Å². The van der Waals surface area contributed by atoms with Gasteiger partial charge in [0, 0.05) is 16.3 Å². The summed E-state index contributed by atoms with van der Waals surface area (Å²) in [5, 5.41) is 3.81. The number of hydrogen-bond acceptors (Lipinski definition) is 4. The number of nitrogens with one attached hydrogen (secondary N) is 1. The number of methoxy groups -OCH3 is 1. The summed E-state index contributed by atoms with van der Waals surface area (Å²) in [4.78, 5) is 17.3. The van der Waals surface area contributed by atoms with Crippen LogP contribution in [0.3, 0.4) is 0 Å². The molecule has 146 valence electrons. The summed E-state index contributed by atoms with van der Waals surface area (Å²) in [5.74, 6) is 0.634. The Morgan fingerprint density at radius 2 is 1.90 bits per heavy atom. The Kier molecular flexibility index (Phi) is 5.18. The minimum Gasteiger partial charge on any atom is -0.496 e. The molecule has 0 spiro atoms. The first-order chi connectivity index (χ1) is 14.0. The topological polar surface area (TPSA) is 64.4 Å². The number of ether oxygens (including phenoxy) is 1. The smallest absolute Gasteiger partial charge is 0.259 e. The van der Waals surface area contributed by atoms with E-state index in [1.165, 1.54) is 7.11 Å². The Hall–Kier alpha value is -3.02. The van der Waals surface area contributed by atoms with Gasteiger partial charge < -0.3 is 14.5 Å². The molecule has 1 amide bonds. The zero-order valence-corrected chi connectivity index (χ0v) is 17.1. The van der Waals surface area contributed by atoms with Gasteiger partial charge in [-0.05, 0) is 48.9 Å². The van der Waals surface area contributed by atoms with Gasteiger partial charge in [-0.3, -0.25) is 4.79 Å². The number of rotatable bonds is 4. The van der Waals surface area contributed by atoms with Gasteiger partial charge >= 0.3 is 0 Å². The highest BCUT2D eigenvalue weighted by atomic mass is 35.5. The third kappa shape index (κ3) is 3.67. The minimum atomic E-state index is -0.268. The number of nitrogens with zero attached hydrogens (tertiary/aromatic N) is 1. The van der Waals surface area contributed by atoms with E-state index in [2.05, 4.69) is 10.3 Å². The molecule has 0 fully saturated rings. The molecule has 1 N–H and O–H groups in total. The fraction of sp³-hybridized carbons (Fsp3) is 0.0909. The van der Waals surface area contributed by atoms with E-state index in [0.717, 1.165) is 11.1 Å². The molecule has 0 unspecified atom stereocenters. The van der Waals surface area contributed by atoms with Crippen LogP contribution in [0, 0.1) is 6.92 Å². The number of aromatic nitrogens is 1. The van der Waals surface area contributed by atoms with Gasteiger partial charge in [0.2, 0.25) is 5.89 Å². The van der Waals surface area contributed by atoms with Gasteiger partial charge in [-0.15, -0.1) is 0 Å². The van der Waals surface area contributed by atoms with Gasteiger partial charge in [0.15, 0.2) is 5.58 Å². The van der Waals surface area contributed by atoms with Gasteiger partial charge in [-0.2, -0.15) is 0 Å². The predicted molar refractivity (Wildman–Crippen MR) is 115 cm³/mol. The quantitative estimate of drug-likeness (QED) is 0.411. The van der Waals surface area contributed by atoms with Crippen LogP contribution in [0.5, 0.6) is 5.75 Å². The predicted octanol–water partition coefficient (Wildman–Crippen LogP) is 6.37. The average molecular weight is 427 g/mol. The zero-order valence-electron chi connectivity index (χ0n) is 15.6. The largest absolute Gasteiger partial charge is 0.496 e. The highest BCUT2D eigenvalue weighted by Gasteiger charge is 2.17. The number of hydrogen-bond donors (Lipinski definition) is 1. The van der Waals surface area contributed by atoms with Crippen molar-refractivity contribution in [2.45, 2.75) is 6.92 Å².